The van der Waals surface area contributed by atoms with Crippen LogP contribution in [0.4, 0.5) is 5.00 Å². The van der Waals surface area contributed by atoms with Crippen molar-refractivity contribution in [3.63, 3.8) is 0 Å². The predicted octanol–water partition coefficient (Wildman–Crippen LogP) is 2.85. The van der Waals surface area contributed by atoms with Gasteiger partial charge in [0.25, 0.3) is 11.8 Å². The van der Waals surface area contributed by atoms with Crippen molar-refractivity contribution < 1.29 is 19.1 Å². The maximum Gasteiger partial charge on any atom is 0.348 e. The van der Waals surface area contributed by atoms with Gasteiger partial charge in [0.05, 0.1) is 12.2 Å². The van der Waals surface area contributed by atoms with Crippen LogP contribution in [-0.2, 0) is 4.74 Å². The number of anilines is 1. The van der Waals surface area contributed by atoms with Gasteiger partial charge in [-0.25, -0.2) is 4.79 Å². The van der Waals surface area contributed by atoms with E-state index in [0.717, 1.165) is 11.3 Å². The second kappa shape index (κ2) is 7.74. The molecule has 1 heterocycles. The highest BCUT2D eigenvalue weighted by Crippen LogP contribution is 2.34. The predicted molar refractivity (Wildman–Crippen MR) is 92.8 cm³/mol. The van der Waals surface area contributed by atoms with Gasteiger partial charge in [0.2, 0.25) is 0 Å². The van der Waals surface area contributed by atoms with Crippen molar-refractivity contribution in [3.05, 3.63) is 51.9 Å². The van der Waals surface area contributed by atoms with Gasteiger partial charge in [-0.1, -0.05) is 18.2 Å². The van der Waals surface area contributed by atoms with Gasteiger partial charge in [-0.05, 0) is 31.5 Å². The molecule has 0 unspecified atom stereocenters. The molecular formula is C17H18N2O4S. The number of amides is 2. The van der Waals surface area contributed by atoms with Crippen LogP contribution in [0.25, 0.3) is 0 Å². The normalized spacial score (nSPS) is 10.1. The number of benzene rings is 1. The van der Waals surface area contributed by atoms with E-state index in [4.69, 9.17) is 4.74 Å². The Kier molecular flexibility index (Phi) is 5.70. The highest BCUT2D eigenvalue weighted by atomic mass is 32.1. The molecule has 0 atom stereocenters. The summed E-state index contributed by atoms with van der Waals surface area (Å²) in [6.07, 6.45) is 0. The number of esters is 1. The molecule has 24 heavy (non-hydrogen) atoms. The number of carbonyl (C=O) groups is 3. The monoisotopic (exact) mass is 346 g/mol. The highest BCUT2D eigenvalue weighted by Gasteiger charge is 2.26. The van der Waals surface area contributed by atoms with Crippen molar-refractivity contribution in [3.8, 4) is 0 Å². The first-order valence-electron chi connectivity index (χ1n) is 7.38. The topological polar surface area (TPSA) is 84.5 Å². The summed E-state index contributed by atoms with van der Waals surface area (Å²) < 4.78 is 5.01. The summed E-state index contributed by atoms with van der Waals surface area (Å²) in [5.74, 6) is -1.23. The lowest BCUT2D eigenvalue weighted by Crippen LogP contribution is -2.21. The van der Waals surface area contributed by atoms with Gasteiger partial charge in [0.1, 0.15) is 9.88 Å². The Balaban J connectivity index is 2.41. The van der Waals surface area contributed by atoms with E-state index in [1.54, 1.807) is 44.2 Å². The van der Waals surface area contributed by atoms with E-state index in [0.29, 0.717) is 21.0 Å². The van der Waals surface area contributed by atoms with Gasteiger partial charge in [-0.15, -0.1) is 11.3 Å². The van der Waals surface area contributed by atoms with Crippen LogP contribution >= 0.6 is 11.3 Å². The van der Waals surface area contributed by atoms with E-state index in [1.165, 1.54) is 7.05 Å². The van der Waals surface area contributed by atoms with Crippen LogP contribution in [0.1, 0.15) is 42.9 Å². The maximum atomic E-state index is 12.3. The molecule has 2 rings (SSSR count). The fraction of sp³-hybridized carbons (Fsp3) is 0.235. The molecular weight excluding hydrogens is 328 g/mol. The minimum absolute atomic E-state index is 0.233. The summed E-state index contributed by atoms with van der Waals surface area (Å²) in [6, 6.07) is 8.64. The Morgan fingerprint density at radius 3 is 2.38 bits per heavy atom. The van der Waals surface area contributed by atoms with Gasteiger partial charge in [0, 0.05) is 12.6 Å². The molecule has 2 amide bonds. The number of thiophene rings is 1. The highest BCUT2D eigenvalue weighted by molar-refractivity contribution is 7.18. The van der Waals surface area contributed by atoms with Crippen molar-refractivity contribution in [2.24, 2.45) is 0 Å². The molecule has 0 aliphatic carbocycles. The Labute approximate surface area is 143 Å². The lowest BCUT2D eigenvalue weighted by molar-refractivity contribution is 0.0531. The standard InChI is InChI=1S/C17H18N2O4S/c1-4-23-17(22)13-10(2)12(15(21)18-3)16(24-13)19-14(20)11-8-6-5-7-9-11/h5-9H,4H2,1-3H3,(H,18,21)(H,19,20). The van der Waals surface area contributed by atoms with Crippen LogP contribution < -0.4 is 10.6 Å². The minimum Gasteiger partial charge on any atom is -0.462 e. The van der Waals surface area contributed by atoms with Crippen LogP contribution in [0.15, 0.2) is 30.3 Å². The molecule has 0 aliphatic heterocycles. The third kappa shape index (κ3) is 3.62. The molecule has 1 aromatic carbocycles. The number of rotatable bonds is 5. The molecule has 126 valence electrons. The first-order valence-corrected chi connectivity index (χ1v) is 8.20. The van der Waals surface area contributed by atoms with Crippen LogP contribution in [-0.4, -0.2) is 31.4 Å². The molecule has 0 bridgehead atoms. The number of nitrogens with one attached hydrogen (secondary N) is 2. The van der Waals surface area contributed by atoms with Crippen molar-refractivity contribution in [1.82, 2.24) is 5.32 Å². The molecule has 0 saturated carbocycles. The van der Waals surface area contributed by atoms with Crippen LogP contribution in [0.5, 0.6) is 0 Å². The zero-order valence-electron chi connectivity index (χ0n) is 13.6. The second-order valence-corrected chi connectivity index (χ2v) is 5.90. The van der Waals surface area contributed by atoms with Crippen molar-refractivity contribution in [1.29, 1.82) is 0 Å². The first-order chi connectivity index (χ1) is 11.5. The molecule has 6 nitrogen and oxygen atoms in total. The Morgan fingerprint density at radius 1 is 1.12 bits per heavy atom. The van der Waals surface area contributed by atoms with Crippen LogP contribution in [0.3, 0.4) is 0 Å². The van der Waals surface area contributed by atoms with Gasteiger partial charge >= 0.3 is 5.97 Å². The largest absolute Gasteiger partial charge is 0.462 e. The molecule has 2 aromatic rings. The van der Waals surface area contributed by atoms with Gasteiger partial charge in [0.15, 0.2) is 0 Å². The third-order valence-corrected chi connectivity index (χ3v) is 4.51. The number of hydrogen-bond donors (Lipinski definition) is 2. The molecule has 0 fully saturated rings. The Hall–Kier alpha value is -2.67. The lowest BCUT2D eigenvalue weighted by atomic mass is 10.1. The minimum atomic E-state index is -0.509. The fourth-order valence-corrected chi connectivity index (χ4v) is 3.25. The Morgan fingerprint density at radius 2 is 1.79 bits per heavy atom. The molecule has 0 saturated heterocycles. The van der Waals surface area contributed by atoms with E-state index in [9.17, 15) is 14.4 Å². The number of ether oxygens (including phenoxy) is 1. The third-order valence-electron chi connectivity index (χ3n) is 3.32. The average molecular weight is 346 g/mol. The van der Waals surface area contributed by atoms with E-state index < -0.39 is 5.97 Å². The summed E-state index contributed by atoms with van der Waals surface area (Å²) in [6.45, 7) is 3.60. The first kappa shape index (κ1) is 17.7. The zero-order valence-corrected chi connectivity index (χ0v) is 14.5. The quantitative estimate of drug-likeness (QED) is 0.815. The van der Waals surface area contributed by atoms with Crippen LogP contribution in [0, 0.1) is 6.92 Å². The fourth-order valence-electron chi connectivity index (χ4n) is 2.16. The molecule has 1 aromatic heterocycles. The van der Waals surface area contributed by atoms with E-state index in [1.807, 2.05) is 0 Å². The Bertz CT molecular complexity index is 768. The maximum absolute atomic E-state index is 12.3. The smallest absolute Gasteiger partial charge is 0.348 e. The molecule has 0 radical (unpaired) electrons. The van der Waals surface area contributed by atoms with Crippen LogP contribution in [0.2, 0.25) is 0 Å². The van der Waals surface area contributed by atoms with Crippen molar-refractivity contribution in [2.75, 3.05) is 19.0 Å². The average Bonchev–Trinajstić information content (AvgIpc) is 2.91. The molecule has 0 aliphatic rings. The number of hydrogen-bond acceptors (Lipinski definition) is 5. The molecule has 7 heteroatoms. The summed E-state index contributed by atoms with van der Waals surface area (Å²) in [7, 11) is 1.49. The van der Waals surface area contributed by atoms with E-state index in [2.05, 4.69) is 10.6 Å². The SMILES string of the molecule is CCOC(=O)c1sc(NC(=O)c2ccccc2)c(C(=O)NC)c1C. The van der Waals surface area contributed by atoms with Gasteiger partial charge in [-0.3, -0.25) is 9.59 Å². The zero-order chi connectivity index (χ0) is 17.7. The second-order valence-electron chi connectivity index (χ2n) is 4.88. The summed E-state index contributed by atoms with van der Waals surface area (Å²) >= 11 is 1.03. The summed E-state index contributed by atoms with van der Waals surface area (Å²) in [4.78, 5) is 36.8. The van der Waals surface area contributed by atoms with Gasteiger partial charge in [-0.2, -0.15) is 0 Å². The molecule has 0 spiro atoms. The lowest BCUT2D eigenvalue weighted by Gasteiger charge is -2.06. The van der Waals surface area contributed by atoms with E-state index >= 15 is 0 Å². The summed E-state index contributed by atoms with van der Waals surface area (Å²) in [5.41, 5.74) is 1.22. The van der Waals surface area contributed by atoms with E-state index in [-0.39, 0.29) is 24.0 Å². The van der Waals surface area contributed by atoms with Gasteiger partial charge < -0.3 is 15.4 Å². The summed E-state index contributed by atoms with van der Waals surface area (Å²) in [5, 5.41) is 5.56. The van der Waals surface area contributed by atoms with Crippen molar-refractivity contribution >= 4 is 34.1 Å². The molecule has 2 N–H and O–H groups in total. The number of carbonyl (C=O) groups excluding carboxylic acids is 3. The van der Waals surface area contributed by atoms with Crippen molar-refractivity contribution in [2.45, 2.75) is 13.8 Å².